The predicted molar refractivity (Wildman–Crippen MR) is 101 cm³/mol. The van der Waals surface area contributed by atoms with Crippen LogP contribution >= 0.6 is 7.37 Å². The van der Waals surface area contributed by atoms with Crippen LogP contribution in [0.5, 0.6) is 11.5 Å². The van der Waals surface area contributed by atoms with Crippen molar-refractivity contribution in [1.29, 1.82) is 0 Å². The first kappa shape index (κ1) is 16.0. The zero-order valence-electron chi connectivity index (χ0n) is 14.2. The summed E-state index contributed by atoms with van der Waals surface area (Å²) in [4.78, 5) is 0. The fourth-order valence-electron chi connectivity index (χ4n) is 3.47. The topological polar surface area (TPSA) is 46.5 Å². The Hall–Kier alpha value is -2.51. The lowest BCUT2D eigenvalue weighted by Crippen LogP contribution is -2.18. The van der Waals surface area contributed by atoms with Gasteiger partial charge in [-0.25, -0.2) is 0 Å². The highest BCUT2D eigenvalue weighted by Crippen LogP contribution is 2.56. The van der Waals surface area contributed by atoms with Crippen molar-refractivity contribution < 1.29 is 14.2 Å². The minimum atomic E-state index is -3.09. The van der Waals surface area contributed by atoms with Crippen LogP contribution in [-0.2, 0) is 10.7 Å². The lowest BCUT2D eigenvalue weighted by molar-refractivity contribution is 0.466. The molecule has 126 valence electrons. The molecule has 3 aromatic rings. The summed E-state index contributed by atoms with van der Waals surface area (Å²) in [5.41, 5.74) is 4.42. The van der Waals surface area contributed by atoms with E-state index in [4.69, 9.17) is 4.52 Å². The van der Waals surface area contributed by atoms with E-state index >= 15 is 0 Å². The zero-order valence-corrected chi connectivity index (χ0v) is 15.1. The lowest BCUT2D eigenvalue weighted by Gasteiger charge is -2.29. The standard InChI is InChI=1S/C21H19O3P/c1-14-11-16(12-15(2)21(14)22)13-25(23)20-10-6-4-8-18(20)17-7-3-5-9-19(17)24-25/h3-12,22H,13H2,1-2H3. The molecule has 25 heavy (non-hydrogen) atoms. The molecule has 0 saturated carbocycles. The normalized spacial score (nSPS) is 18.2. The highest BCUT2D eigenvalue weighted by molar-refractivity contribution is 7.67. The summed E-state index contributed by atoms with van der Waals surface area (Å²) in [6, 6.07) is 19.2. The van der Waals surface area contributed by atoms with Gasteiger partial charge in [0.25, 0.3) is 7.37 Å². The van der Waals surface area contributed by atoms with Gasteiger partial charge in [0.2, 0.25) is 0 Å². The monoisotopic (exact) mass is 350 g/mol. The van der Waals surface area contributed by atoms with E-state index in [1.54, 1.807) is 0 Å². The zero-order chi connectivity index (χ0) is 17.6. The second-order valence-corrected chi connectivity index (χ2v) is 8.84. The first-order valence-corrected chi connectivity index (χ1v) is 10.1. The number of benzene rings is 3. The number of aromatic hydroxyl groups is 1. The Morgan fingerprint density at radius 3 is 2.24 bits per heavy atom. The summed E-state index contributed by atoms with van der Waals surface area (Å²) in [5.74, 6) is 0.953. The molecule has 0 radical (unpaired) electrons. The molecule has 3 nitrogen and oxygen atoms in total. The molecule has 1 N–H and O–H groups in total. The summed E-state index contributed by atoms with van der Waals surface area (Å²) in [6.45, 7) is 3.71. The second kappa shape index (κ2) is 5.79. The van der Waals surface area contributed by atoms with Crippen molar-refractivity contribution in [3.63, 3.8) is 0 Å². The van der Waals surface area contributed by atoms with E-state index in [2.05, 4.69) is 0 Å². The molecule has 0 bridgehead atoms. The molecule has 0 amide bonds. The molecular formula is C21H19O3P. The van der Waals surface area contributed by atoms with Crippen LogP contribution in [0.2, 0.25) is 0 Å². The minimum Gasteiger partial charge on any atom is -0.507 e. The third kappa shape index (κ3) is 2.65. The maximum Gasteiger partial charge on any atom is 0.282 e. The molecule has 0 aliphatic carbocycles. The molecule has 1 atom stereocenters. The molecule has 3 aromatic carbocycles. The number of para-hydroxylation sites is 1. The van der Waals surface area contributed by atoms with E-state index in [0.29, 0.717) is 11.9 Å². The van der Waals surface area contributed by atoms with Crippen LogP contribution in [0.4, 0.5) is 0 Å². The van der Waals surface area contributed by atoms with Gasteiger partial charge in [-0.2, -0.15) is 0 Å². The Kier molecular flexibility index (Phi) is 3.70. The van der Waals surface area contributed by atoms with Gasteiger partial charge in [0.05, 0.1) is 11.5 Å². The average molecular weight is 350 g/mol. The molecule has 0 saturated heterocycles. The quantitative estimate of drug-likeness (QED) is 0.649. The Bertz CT molecular complexity index is 1000. The molecule has 0 spiro atoms. The number of rotatable bonds is 2. The Morgan fingerprint density at radius 1 is 0.920 bits per heavy atom. The van der Waals surface area contributed by atoms with E-state index in [0.717, 1.165) is 33.1 Å². The van der Waals surface area contributed by atoms with Gasteiger partial charge in [0, 0.05) is 5.56 Å². The van der Waals surface area contributed by atoms with Crippen molar-refractivity contribution >= 4 is 12.7 Å². The molecule has 1 heterocycles. The van der Waals surface area contributed by atoms with Gasteiger partial charge in [-0.1, -0.05) is 48.5 Å². The number of phenolic OH excluding ortho intramolecular Hbond substituents is 1. The molecule has 4 rings (SSSR count). The van der Waals surface area contributed by atoms with Crippen molar-refractivity contribution in [2.24, 2.45) is 0 Å². The number of hydrogen-bond donors (Lipinski definition) is 1. The Morgan fingerprint density at radius 2 is 1.52 bits per heavy atom. The average Bonchev–Trinajstić information content (AvgIpc) is 2.60. The number of fused-ring (bicyclic) bond motifs is 3. The van der Waals surface area contributed by atoms with Crippen LogP contribution < -0.4 is 9.83 Å². The van der Waals surface area contributed by atoms with Crippen molar-refractivity contribution in [2.45, 2.75) is 20.0 Å². The van der Waals surface area contributed by atoms with Crippen LogP contribution in [0, 0.1) is 13.8 Å². The van der Waals surface area contributed by atoms with Crippen LogP contribution in [0.25, 0.3) is 11.1 Å². The van der Waals surface area contributed by atoms with E-state index in [-0.39, 0.29) is 5.75 Å². The highest BCUT2D eigenvalue weighted by Gasteiger charge is 2.36. The largest absolute Gasteiger partial charge is 0.507 e. The van der Waals surface area contributed by atoms with Gasteiger partial charge in [-0.3, -0.25) is 4.57 Å². The maximum atomic E-state index is 13.8. The van der Waals surface area contributed by atoms with Gasteiger partial charge in [0.15, 0.2) is 0 Å². The van der Waals surface area contributed by atoms with Crippen LogP contribution in [0.15, 0.2) is 60.7 Å². The van der Waals surface area contributed by atoms with E-state index in [1.807, 2.05) is 74.5 Å². The van der Waals surface area contributed by atoms with Crippen LogP contribution in [0.1, 0.15) is 16.7 Å². The predicted octanol–water partition coefficient (Wildman–Crippen LogP) is 5.17. The summed E-state index contributed by atoms with van der Waals surface area (Å²) in [7, 11) is -3.09. The number of aryl methyl sites for hydroxylation is 2. The molecule has 0 aromatic heterocycles. The van der Waals surface area contributed by atoms with Crippen molar-refractivity contribution in [2.75, 3.05) is 0 Å². The van der Waals surface area contributed by atoms with Crippen LogP contribution in [0.3, 0.4) is 0 Å². The van der Waals surface area contributed by atoms with Gasteiger partial charge in [-0.05, 0) is 48.2 Å². The molecule has 1 aliphatic heterocycles. The number of phenols is 1. The lowest BCUT2D eigenvalue weighted by atomic mass is 10.0. The summed E-state index contributed by atoms with van der Waals surface area (Å²) in [6.07, 6.45) is 0.306. The fraction of sp³-hybridized carbons (Fsp3) is 0.143. The van der Waals surface area contributed by atoms with Crippen molar-refractivity contribution in [3.05, 3.63) is 77.4 Å². The third-order valence-electron chi connectivity index (χ3n) is 4.64. The molecule has 1 aliphatic rings. The van der Waals surface area contributed by atoms with E-state index in [1.165, 1.54) is 0 Å². The maximum absolute atomic E-state index is 13.8. The molecular weight excluding hydrogens is 331 g/mol. The smallest absolute Gasteiger partial charge is 0.282 e. The SMILES string of the molecule is Cc1cc(CP2(=O)Oc3ccccc3-c3ccccc32)cc(C)c1O. The Labute approximate surface area is 147 Å². The second-order valence-electron chi connectivity index (χ2n) is 6.51. The molecule has 1 unspecified atom stereocenters. The summed E-state index contributed by atoms with van der Waals surface area (Å²) < 4.78 is 19.9. The van der Waals surface area contributed by atoms with Gasteiger partial charge in [-0.15, -0.1) is 0 Å². The van der Waals surface area contributed by atoms with Gasteiger partial charge in [0.1, 0.15) is 11.5 Å². The van der Waals surface area contributed by atoms with Gasteiger partial charge >= 0.3 is 0 Å². The molecule has 0 fully saturated rings. The van der Waals surface area contributed by atoms with E-state index in [9.17, 15) is 9.67 Å². The van der Waals surface area contributed by atoms with Crippen molar-refractivity contribution in [1.82, 2.24) is 0 Å². The summed E-state index contributed by atoms with van der Waals surface area (Å²) >= 11 is 0. The third-order valence-corrected chi connectivity index (χ3v) is 7.03. The number of hydrogen-bond acceptors (Lipinski definition) is 3. The Balaban J connectivity index is 1.84. The van der Waals surface area contributed by atoms with Crippen molar-refractivity contribution in [3.8, 4) is 22.6 Å². The minimum absolute atomic E-state index is 0.289. The highest BCUT2D eigenvalue weighted by atomic mass is 31.2. The van der Waals surface area contributed by atoms with Gasteiger partial charge < -0.3 is 9.63 Å². The first-order chi connectivity index (χ1) is 12.0. The fourth-order valence-corrected chi connectivity index (χ4v) is 5.82. The molecule has 4 heteroatoms. The van der Waals surface area contributed by atoms with E-state index < -0.39 is 7.37 Å². The first-order valence-electron chi connectivity index (χ1n) is 8.25. The summed E-state index contributed by atoms with van der Waals surface area (Å²) in [5, 5.41) is 10.7. The van der Waals surface area contributed by atoms with Crippen LogP contribution in [-0.4, -0.2) is 5.11 Å².